The first-order valence-electron chi connectivity index (χ1n) is 6.55. The first-order chi connectivity index (χ1) is 8.11. The molecule has 98 valence electrons. The van der Waals surface area contributed by atoms with E-state index in [0.717, 1.165) is 45.6 Å². The van der Waals surface area contributed by atoms with Crippen LogP contribution < -0.4 is 5.32 Å². The third-order valence-electron chi connectivity index (χ3n) is 3.53. The van der Waals surface area contributed by atoms with Gasteiger partial charge < -0.3 is 9.64 Å². The lowest BCUT2D eigenvalue weighted by atomic mass is 9.97. The fourth-order valence-corrected chi connectivity index (χ4v) is 2.31. The number of likely N-dealkylation sites (N-methyl/N-ethyl adjacent to an activating group) is 1. The molecule has 0 amide bonds. The molecule has 0 radical (unpaired) electrons. The molecule has 0 aromatic carbocycles. The summed E-state index contributed by atoms with van der Waals surface area (Å²) in [6.07, 6.45) is 3.08. The zero-order chi connectivity index (χ0) is 12.7. The smallest absolute Gasteiger partial charge is 0.103 e. The molecule has 1 N–H and O–H groups in total. The molecule has 1 heterocycles. The molecule has 1 aliphatic heterocycles. The van der Waals surface area contributed by atoms with Gasteiger partial charge in [-0.05, 0) is 46.3 Å². The van der Waals surface area contributed by atoms with E-state index < -0.39 is 0 Å². The average molecular weight is 239 g/mol. The topological polar surface area (TPSA) is 48.3 Å². The summed E-state index contributed by atoms with van der Waals surface area (Å²) in [4.78, 5) is 2.36. The highest BCUT2D eigenvalue weighted by Crippen LogP contribution is 2.14. The van der Waals surface area contributed by atoms with Crippen molar-refractivity contribution in [2.24, 2.45) is 0 Å². The molecule has 17 heavy (non-hydrogen) atoms. The minimum atomic E-state index is -0.373. The van der Waals surface area contributed by atoms with Crippen molar-refractivity contribution < 1.29 is 4.74 Å². The number of nitriles is 1. The number of hydrogen-bond donors (Lipinski definition) is 1. The zero-order valence-electron chi connectivity index (χ0n) is 11.3. The average Bonchev–Trinajstić information content (AvgIpc) is 2.83. The molecule has 1 rings (SSSR count). The van der Waals surface area contributed by atoms with Crippen molar-refractivity contribution in [3.63, 3.8) is 0 Å². The molecule has 1 saturated heterocycles. The van der Waals surface area contributed by atoms with Gasteiger partial charge in [-0.3, -0.25) is 5.32 Å². The predicted octanol–water partition coefficient (Wildman–Crippen LogP) is 1.38. The van der Waals surface area contributed by atoms with Gasteiger partial charge in [0, 0.05) is 12.6 Å². The summed E-state index contributed by atoms with van der Waals surface area (Å²) < 4.78 is 5.38. The van der Waals surface area contributed by atoms with Gasteiger partial charge in [-0.15, -0.1) is 0 Å². The van der Waals surface area contributed by atoms with Gasteiger partial charge in [-0.2, -0.15) is 5.26 Å². The number of nitrogens with one attached hydrogen (secondary N) is 1. The fourth-order valence-electron chi connectivity index (χ4n) is 2.31. The molecule has 1 aliphatic rings. The predicted molar refractivity (Wildman–Crippen MR) is 68.8 cm³/mol. The summed E-state index contributed by atoms with van der Waals surface area (Å²) in [5.74, 6) is 0. The van der Waals surface area contributed by atoms with E-state index in [-0.39, 0.29) is 5.54 Å². The van der Waals surface area contributed by atoms with Crippen LogP contribution in [-0.4, -0.2) is 49.8 Å². The van der Waals surface area contributed by atoms with Gasteiger partial charge in [0.15, 0.2) is 0 Å². The van der Waals surface area contributed by atoms with E-state index in [1.165, 1.54) is 0 Å². The van der Waals surface area contributed by atoms with Gasteiger partial charge in [-0.1, -0.05) is 6.92 Å². The second-order valence-electron chi connectivity index (χ2n) is 5.08. The minimum Gasteiger partial charge on any atom is -0.380 e. The summed E-state index contributed by atoms with van der Waals surface area (Å²) in [5, 5.41) is 12.4. The van der Waals surface area contributed by atoms with E-state index in [1.54, 1.807) is 0 Å². The molecule has 0 bridgehead atoms. The van der Waals surface area contributed by atoms with Gasteiger partial charge in [-0.25, -0.2) is 0 Å². The Hall–Kier alpha value is -0.630. The van der Waals surface area contributed by atoms with E-state index in [0.29, 0.717) is 6.04 Å². The van der Waals surface area contributed by atoms with Gasteiger partial charge in [0.25, 0.3) is 0 Å². The Morgan fingerprint density at radius 1 is 1.59 bits per heavy atom. The maximum Gasteiger partial charge on any atom is 0.103 e. The van der Waals surface area contributed by atoms with Crippen LogP contribution >= 0.6 is 0 Å². The third kappa shape index (κ3) is 4.63. The minimum absolute atomic E-state index is 0.373. The third-order valence-corrected chi connectivity index (χ3v) is 3.53. The van der Waals surface area contributed by atoms with Crippen LogP contribution in [0.5, 0.6) is 0 Å². The lowest BCUT2D eigenvalue weighted by Gasteiger charge is -2.26. The Morgan fingerprint density at radius 2 is 2.35 bits per heavy atom. The van der Waals surface area contributed by atoms with Crippen LogP contribution in [0.4, 0.5) is 0 Å². The summed E-state index contributed by atoms with van der Waals surface area (Å²) in [5.41, 5.74) is -0.373. The molecule has 0 saturated carbocycles. The summed E-state index contributed by atoms with van der Waals surface area (Å²) in [6.45, 7) is 7.65. The second-order valence-corrected chi connectivity index (χ2v) is 5.08. The van der Waals surface area contributed by atoms with Gasteiger partial charge in [0.2, 0.25) is 0 Å². The standard InChI is InChI=1S/C13H25N3O/c1-4-15-13(2,11-14)7-5-8-16(3)12-6-9-17-10-12/h12,15H,4-10H2,1-3H3. The number of rotatable bonds is 7. The highest BCUT2D eigenvalue weighted by Gasteiger charge is 2.23. The molecule has 0 spiro atoms. The molecule has 1 fully saturated rings. The van der Waals surface area contributed by atoms with Crippen molar-refractivity contribution in [3.05, 3.63) is 0 Å². The molecular formula is C13H25N3O. The lowest BCUT2D eigenvalue weighted by Crippen LogP contribution is -2.41. The van der Waals surface area contributed by atoms with E-state index in [2.05, 4.69) is 23.3 Å². The Kier molecular flexibility index (Phi) is 5.90. The quantitative estimate of drug-likeness (QED) is 0.729. The van der Waals surface area contributed by atoms with Crippen molar-refractivity contribution >= 4 is 0 Å². The Bertz CT molecular complexity index is 258. The van der Waals surface area contributed by atoms with Crippen LogP contribution in [0, 0.1) is 11.3 Å². The Labute approximate surface area is 105 Å². The van der Waals surface area contributed by atoms with E-state index >= 15 is 0 Å². The van der Waals surface area contributed by atoms with E-state index in [1.807, 2.05) is 13.8 Å². The summed E-state index contributed by atoms with van der Waals surface area (Å²) in [6, 6.07) is 2.94. The highest BCUT2D eigenvalue weighted by molar-refractivity contribution is 5.03. The Balaban J connectivity index is 2.24. The Morgan fingerprint density at radius 3 is 2.88 bits per heavy atom. The maximum atomic E-state index is 9.15. The zero-order valence-corrected chi connectivity index (χ0v) is 11.3. The largest absolute Gasteiger partial charge is 0.380 e. The van der Waals surface area contributed by atoms with Crippen LogP contribution in [0.2, 0.25) is 0 Å². The van der Waals surface area contributed by atoms with Gasteiger partial charge in [0.05, 0.1) is 12.7 Å². The molecule has 0 aromatic heterocycles. The molecule has 4 heteroatoms. The lowest BCUT2D eigenvalue weighted by molar-refractivity contribution is 0.157. The monoisotopic (exact) mass is 239 g/mol. The second kappa shape index (κ2) is 6.95. The van der Waals surface area contributed by atoms with Crippen molar-refractivity contribution in [1.29, 1.82) is 5.26 Å². The molecule has 0 aliphatic carbocycles. The first kappa shape index (κ1) is 14.4. The highest BCUT2D eigenvalue weighted by atomic mass is 16.5. The van der Waals surface area contributed by atoms with Gasteiger partial charge in [0.1, 0.15) is 5.54 Å². The van der Waals surface area contributed by atoms with Crippen molar-refractivity contribution in [3.8, 4) is 6.07 Å². The normalized spacial score (nSPS) is 23.6. The number of hydrogen-bond acceptors (Lipinski definition) is 4. The maximum absolute atomic E-state index is 9.15. The number of nitrogens with zero attached hydrogens (tertiary/aromatic N) is 2. The molecular weight excluding hydrogens is 214 g/mol. The summed E-state index contributed by atoms with van der Waals surface area (Å²) >= 11 is 0. The van der Waals surface area contributed by atoms with Crippen molar-refractivity contribution in [2.75, 3.05) is 33.4 Å². The van der Waals surface area contributed by atoms with Crippen molar-refractivity contribution in [2.45, 2.75) is 44.7 Å². The van der Waals surface area contributed by atoms with Gasteiger partial charge >= 0.3 is 0 Å². The molecule has 2 unspecified atom stereocenters. The van der Waals surface area contributed by atoms with Crippen LogP contribution in [0.25, 0.3) is 0 Å². The molecule has 4 nitrogen and oxygen atoms in total. The van der Waals surface area contributed by atoms with Crippen LogP contribution in [0.3, 0.4) is 0 Å². The van der Waals surface area contributed by atoms with E-state index in [4.69, 9.17) is 10.00 Å². The van der Waals surface area contributed by atoms with Crippen LogP contribution in [0.1, 0.15) is 33.1 Å². The number of ether oxygens (including phenoxy) is 1. The van der Waals surface area contributed by atoms with Crippen LogP contribution in [-0.2, 0) is 4.74 Å². The SMILES string of the molecule is CCNC(C)(C#N)CCCN(C)C1CCOC1. The summed E-state index contributed by atoms with van der Waals surface area (Å²) in [7, 11) is 2.15. The fraction of sp³-hybridized carbons (Fsp3) is 0.923. The van der Waals surface area contributed by atoms with Crippen LogP contribution in [0.15, 0.2) is 0 Å². The van der Waals surface area contributed by atoms with E-state index in [9.17, 15) is 0 Å². The van der Waals surface area contributed by atoms with Crippen molar-refractivity contribution in [1.82, 2.24) is 10.2 Å². The first-order valence-corrected chi connectivity index (χ1v) is 6.55. The molecule has 0 aromatic rings. The molecule has 2 atom stereocenters.